The number of unbranched alkanes of at least 4 members (excludes halogenated alkanes) is 1. The number of allylic oxidation sites excluding steroid dienone is 3. The molecule has 2 spiro atoms. The maximum absolute atomic E-state index is 14.1. The van der Waals surface area contributed by atoms with Crippen molar-refractivity contribution in [1.29, 1.82) is 0 Å². The van der Waals surface area contributed by atoms with Crippen molar-refractivity contribution in [3.05, 3.63) is 23.3 Å². The highest BCUT2D eigenvalue weighted by atomic mass is 16.5. The van der Waals surface area contributed by atoms with Crippen LogP contribution in [0.1, 0.15) is 71.1 Å². The predicted molar refractivity (Wildman–Crippen MR) is 122 cm³/mol. The van der Waals surface area contributed by atoms with Crippen LogP contribution in [0.3, 0.4) is 0 Å². The van der Waals surface area contributed by atoms with E-state index in [1.165, 1.54) is 18.4 Å². The van der Waals surface area contributed by atoms with Crippen molar-refractivity contribution < 1.29 is 9.53 Å². The average Bonchev–Trinajstić information content (AvgIpc) is 3.53. The van der Waals surface area contributed by atoms with E-state index in [-0.39, 0.29) is 23.3 Å². The molecule has 0 radical (unpaired) electrons. The topological polar surface area (TPSA) is 67.9 Å². The normalized spacial score (nSPS) is 36.8. The van der Waals surface area contributed by atoms with Gasteiger partial charge in [-0.1, -0.05) is 42.9 Å². The third-order valence-electron chi connectivity index (χ3n) is 8.34. The van der Waals surface area contributed by atoms with E-state index in [0.29, 0.717) is 18.4 Å². The van der Waals surface area contributed by atoms with E-state index in [4.69, 9.17) is 15.5 Å². The highest BCUT2D eigenvalue weighted by molar-refractivity contribution is 6.08. The molecule has 3 fully saturated rings. The second-order valence-corrected chi connectivity index (χ2v) is 10.2. The van der Waals surface area contributed by atoms with Crippen molar-refractivity contribution in [2.45, 2.75) is 82.8 Å². The molecule has 0 bridgehead atoms. The number of hydrogen-bond acceptors (Lipinski definition) is 4. The lowest BCUT2D eigenvalue weighted by Crippen LogP contribution is -2.56. The summed E-state index contributed by atoms with van der Waals surface area (Å²) in [7, 11) is 1.80. The van der Waals surface area contributed by atoms with E-state index in [0.717, 1.165) is 56.9 Å². The van der Waals surface area contributed by atoms with Gasteiger partial charge in [0.15, 0.2) is 11.5 Å². The molecular formula is C26H35N3O2. The third-order valence-corrected chi connectivity index (χ3v) is 8.34. The number of hydrogen-bond donors (Lipinski definition) is 1. The Hall–Kier alpha value is -2.06. The average molecular weight is 422 g/mol. The lowest BCUT2D eigenvalue weighted by Gasteiger charge is -2.46. The van der Waals surface area contributed by atoms with Crippen LogP contribution in [-0.2, 0) is 9.53 Å². The summed E-state index contributed by atoms with van der Waals surface area (Å²) in [5.41, 5.74) is 8.03. The Kier molecular flexibility index (Phi) is 5.25. The van der Waals surface area contributed by atoms with Gasteiger partial charge < -0.3 is 10.5 Å². The number of amides is 1. The molecule has 2 N–H and O–H groups in total. The van der Waals surface area contributed by atoms with Gasteiger partial charge in [0.2, 0.25) is 0 Å². The lowest BCUT2D eigenvalue weighted by molar-refractivity contribution is -0.138. The van der Waals surface area contributed by atoms with E-state index >= 15 is 0 Å². The quantitative estimate of drug-likeness (QED) is 0.699. The van der Waals surface area contributed by atoms with Crippen molar-refractivity contribution in [2.24, 2.45) is 28.0 Å². The Labute approximate surface area is 186 Å². The molecule has 166 valence electrons. The van der Waals surface area contributed by atoms with Crippen LogP contribution in [0.4, 0.5) is 0 Å². The molecule has 5 aliphatic rings. The summed E-state index contributed by atoms with van der Waals surface area (Å²) in [6.45, 7) is 2.81. The monoisotopic (exact) mass is 421 g/mol. The zero-order chi connectivity index (χ0) is 21.6. The first-order chi connectivity index (χ1) is 15.0. The maximum atomic E-state index is 14.1. The third kappa shape index (κ3) is 3.26. The largest absolute Gasteiger partial charge is 0.381 e. The highest BCUT2D eigenvalue weighted by Crippen LogP contribution is 2.65. The lowest BCUT2D eigenvalue weighted by atomic mass is 9.60. The number of aliphatic imine (C=N–C) groups is 1. The maximum Gasteiger partial charge on any atom is 0.258 e. The number of nitrogens with zero attached hydrogens (tertiary/aromatic N) is 2. The summed E-state index contributed by atoms with van der Waals surface area (Å²) in [4.78, 5) is 21.0. The number of carbonyl (C=O) groups excluding carboxylic acids is 1. The van der Waals surface area contributed by atoms with Crippen LogP contribution in [0.5, 0.6) is 0 Å². The van der Waals surface area contributed by atoms with Gasteiger partial charge in [-0.3, -0.25) is 9.69 Å². The molecule has 0 saturated heterocycles. The fraction of sp³-hybridized carbons (Fsp3) is 0.692. The van der Waals surface area contributed by atoms with Gasteiger partial charge in [0.25, 0.3) is 5.91 Å². The molecule has 0 aromatic rings. The van der Waals surface area contributed by atoms with Gasteiger partial charge in [-0.05, 0) is 57.8 Å². The molecule has 1 heterocycles. The highest BCUT2D eigenvalue weighted by Gasteiger charge is 2.69. The summed E-state index contributed by atoms with van der Waals surface area (Å²) in [6, 6.07) is 0. The zero-order valence-electron chi connectivity index (χ0n) is 19.0. The number of rotatable bonds is 4. The molecule has 5 nitrogen and oxygen atoms in total. The van der Waals surface area contributed by atoms with Gasteiger partial charge >= 0.3 is 0 Å². The molecule has 0 aromatic heterocycles. The van der Waals surface area contributed by atoms with E-state index < -0.39 is 5.54 Å². The van der Waals surface area contributed by atoms with Crippen LogP contribution in [0, 0.1) is 29.1 Å². The fourth-order valence-electron chi connectivity index (χ4n) is 6.39. The van der Waals surface area contributed by atoms with Gasteiger partial charge in [0, 0.05) is 36.5 Å². The molecule has 1 aliphatic heterocycles. The second-order valence-electron chi connectivity index (χ2n) is 10.2. The summed E-state index contributed by atoms with van der Waals surface area (Å²) < 4.78 is 5.66. The van der Waals surface area contributed by atoms with E-state index in [1.807, 2.05) is 0 Å². The molecule has 1 amide bonds. The van der Waals surface area contributed by atoms with Crippen LogP contribution >= 0.6 is 0 Å². The van der Waals surface area contributed by atoms with E-state index in [9.17, 15) is 4.79 Å². The Morgan fingerprint density at radius 3 is 2.71 bits per heavy atom. The number of methoxy groups -OCH3 is 1. The molecule has 5 heteroatoms. The van der Waals surface area contributed by atoms with Crippen LogP contribution in [0.15, 0.2) is 28.3 Å². The van der Waals surface area contributed by atoms with Crippen molar-refractivity contribution in [1.82, 2.24) is 4.90 Å². The zero-order valence-corrected chi connectivity index (χ0v) is 19.0. The van der Waals surface area contributed by atoms with Crippen molar-refractivity contribution in [2.75, 3.05) is 13.7 Å². The van der Waals surface area contributed by atoms with Crippen LogP contribution < -0.4 is 5.73 Å². The standard InChI is InChI=1S/C26H35N3O2/c1-3-4-15-29-23(30)26(28-24(29)27)22-16-19(8-7-18-5-6-18)9-10-20(22)17-25(26)13-11-21(31-2)12-14-25/h9-10,18,21-22H,3-6,11-17H2,1-2H3,(H2,27,28). The molecular weight excluding hydrogens is 386 g/mol. The minimum atomic E-state index is -0.768. The second kappa shape index (κ2) is 7.81. The smallest absolute Gasteiger partial charge is 0.258 e. The molecule has 2 unspecified atom stereocenters. The van der Waals surface area contributed by atoms with Gasteiger partial charge in [-0.25, -0.2) is 4.99 Å². The minimum Gasteiger partial charge on any atom is -0.381 e. The van der Waals surface area contributed by atoms with Crippen LogP contribution in [0.2, 0.25) is 0 Å². The van der Waals surface area contributed by atoms with Crippen molar-refractivity contribution >= 4 is 11.9 Å². The summed E-state index contributed by atoms with van der Waals surface area (Å²) in [5, 5.41) is 0. The molecule has 5 rings (SSSR count). The number of ether oxygens (including phenoxy) is 1. The SMILES string of the molecule is CCCCN1C(=O)C2(N=C1N)C1CC(C#CC3CC3)=CC=C1CC21CCC(OC)CC1. The van der Waals surface area contributed by atoms with Crippen LogP contribution in [0.25, 0.3) is 0 Å². The van der Waals surface area contributed by atoms with Gasteiger partial charge in [-0.15, -0.1) is 0 Å². The summed E-state index contributed by atoms with van der Waals surface area (Å²) >= 11 is 0. The first-order valence-electron chi connectivity index (χ1n) is 12.1. The van der Waals surface area contributed by atoms with E-state index in [1.54, 1.807) is 12.0 Å². The van der Waals surface area contributed by atoms with Crippen molar-refractivity contribution in [3.63, 3.8) is 0 Å². The predicted octanol–water partition coefficient (Wildman–Crippen LogP) is 3.95. The summed E-state index contributed by atoms with van der Waals surface area (Å²) in [5.74, 6) is 8.05. The number of guanidine groups is 1. The van der Waals surface area contributed by atoms with Gasteiger partial charge in [-0.2, -0.15) is 0 Å². The summed E-state index contributed by atoms with van der Waals surface area (Å²) in [6.07, 6.45) is 14.8. The molecule has 2 atom stereocenters. The minimum absolute atomic E-state index is 0.0813. The van der Waals surface area contributed by atoms with Gasteiger partial charge in [0.05, 0.1) is 6.10 Å². The first-order valence-corrected chi connectivity index (χ1v) is 12.1. The Morgan fingerprint density at radius 1 is 1.26 bits per heavy atom. The first kappa shape index (κ1) is 20.8. The number of fused-ring (bicyclic) bond motifs is 3. The van der Waals surface area contributed by atoms with Crippen molar-refractivity contribution in [3.8, 4) is 11.8 Å². The van der Waals surface area contributed by atoms with Gasteiger partial charge in [0.1, 0.15) is 0 Å². The molecule has 3 saturated carbocycles. The van der Waals surface area contributed by atoms with Crippen LogP contribution in [-0.4, -0.2) is 42.1 Å². The Morgan fingerprint density at radius 2 is 2.03 bits per heavy atom. The van der Waals surface area contributed by atoms with E-state index in [2.05, 4.69) is 30.9 Å². The molecule has 31 heavy (non-hydrogen) atoms. The number of carbonyl (C=O) groups is 1. The molecule has 0 aromatic carbocycles. The molecule has 4 aliphatic carbocycles. The fourth-order valence-corrected chi connectivity index (χ4v) is 6.39. The Balaban J connectivity index is 1.52. The Bertz CT molecular complexity index is 909. The number of nitrogens with two attached hydrogens (primary N) is 1.